The van der Waals surface area contributed by atoms with Gasteiger partial charge in [-0.2, -0.15) is 0 Å². The first kappa shape index (κ1) is 15.3. The Hall–Kier alpha value is -1.56. The average molecular weight is 349 g/mol. The summed E-state index contributed by atoms with van der Waals surface area (Å²) in [7, 11) is 0. The molecule has 1 aromatic heterocycles. The Kier molecular flexibility index (Phi) is 4.66. The smallest absolute Gasteiger partial charge is 0.239 e. The lowest BCUT2D eigenvalue weighted by Gasteiger charge is -2.10. The maximum Gasteiger partial charge on any atom is 0.239 e. The second-order valence-electron chi connectivity index (χ2n) is 4.69. The zero-order valence-electron chi connectivity index (χ0n) is 11.7. The van der Waals surface area contributed by atoms with Crippen molar-refractivity contribution in [2.45, 2.75) is 17.1 Å². The average Bonchev–Trinajstić information content (AvgIpc) is 2.91. The van der Waals surface area contributed by atoms with Crippen LogP contribution in [0.4, 0.5) is 5.13 Å². The van der Waals surface area contributed by atoms with Gasteiger partial charge in [-0.05, 0) is 43.3 Å². The van der Waals surface area contributed by atoms with Gasteiger partial charge >= 0.3 is 0 Å². The second kappa shape index (κ2) is 6.69. The zero-order chi connectivity index (χ0) is 15.5. The number of para-hydroxylation sites is 1. The number of halogens is 1. The van der Waals surface area contributed by atoms with Crippen LogP contribution in [0.15, 0.2) is 53.4 Å². The van der Waals surface area contributed by atoms with Gasteiger partial charge < -0.3 is 5.32 Å². The number of anilines is 1. The molecule has 0 saturated carbocycles. The molecular formula is C16H13ClN2OS2. The van der Waals surface area contributed by atoms with Gasteiger partial charge in [0.25, 0.3) is 0 Å². The van der Waals surface area contributed by atoms with E-state index >= 15 is 0 Å². The van der Waals surface area contributed by atoms with E-state index in [1.165, 1.54) is 23.1 Å². The molecule has 0 aliphatic rings. The molecule has 1 N–H and O–H groups in total. The molecule has 112 valence electrons. The summed E-state index contributed by atoms with van der Waals surface area (Å²) in [6.07, 6.45) is 0. The van der Waals surface area contributed by atoms with Gasteiger partial charge in [0.1, 0.15) is 0 Å². The van der Waals surface area contributed by atoms with Gasteiger partial charge in [0.15, 0.2) is 5.13 Å². The molecule has 1 unspecified atom stereocenters. The molecule has 1 amide bonds. The molecule has 0 spiro atoms. The Bertz CT molecular complexity index is 768. The van der Waals surface area contributed by atoms with Crippen LogP contribution in [-0.4, -0.2) is 16.1 Å². The van der Waals surface area contributed by atoms with Gasteiger partial charge in [-0.3, -0.25) is 4.79 Å². The Labute approximate surface area is 141 Å². The third kappa shape index (κ3) is 3.61. The summed E-state index contributed by atoms with van der Waals surface area (Å²) in [5.41, 5.74) is 0.904. The van der Waals surface area contributed by atoms with Crippen molar-refractivity contribution >= 4 is 56.0 Å². The predicted molar refractivity (Wildman–Crippen MR) is 95.0 cm³/mol. The lowest BCUT2D eigenvalue weighted by Crippen LogP contribution is -2.22. The normalized spacial score (nSPS) is 12.3. The zero-order valence-corrected chi connectivity index (χ0v) is 14.1. The van der Waals surface area contributed by atoms with Crippen molar-refractivity contribution in [3.63, 3.8) is 0 Å². The van der Waals surface area contributed by atoms with Crippen LogP contribution < -0.4 is 5.32 Å². The number of nitrogens with one attached hydrogen (secondary N) is 1. The number of nitrogens with zero attached hydrogens (tertiary/aromatic N) is 1. The molecule has 0 fully saturated rings. The Balaban J connectivity index is 1.66. The van der Waals surface area contributed by atoms with Crippen molar-refractivity contribution in [1.29, 1.82) is 0 Å². The van der Waals surface area contributed by atoms with Crippen LogP contribution in [0.5, 0.6) is 0 Å². The second-order valence-corrected chi connectivity index (χ2v) is 7.57. The number of amides is 1. The number of carbonyl (C=O) groups is 1. The highest BCUT2D eigenvalue weighted by atomic mass is 35.5. The Morgan fingerprint density at radius 2 is 1.95 bits per heavy atom. The van der Waals surface area contributed by atoms with Gasteiger partial charge in [-0.15, -0.1) is 11.8 Å². The van der Waals surface area contributed by atoms with Gasteiger partial charge in [0.05, 0.1) is 15.5 Å². The van der Waals surface area contributed by atoms with Crippen molar-refractivity contribution in [1.82, 2.24) is 4.98 Å². The first-order chi connectivity index (χ1) is 10.6. The van der Waals surface area contributed by atoms with E-state index in [1.807, 2.05) is 55.5 Å². The highest BCUT2D eigenvalue weighted by Crippen LogP contribution is 2.28. The predicted octanol–water partition coefficient (Wildman–Crippen LogP) is 5.07. The quantitative estimate of drug-likeness (QED) is 0.669. The number of hydrogen-bond donors (Lipinski definition) is 1. The van der Waals surface area contributed by atoms with Gasteiger partial charge in [-0.1, -0.05) is 35.1 Å². The molecular weight excluding hydrogens is 336 g/mol. The molecule has 1 atom stereocenters. The van der Waals surface area contributed by atoms with E-state index in [2.05, 4.69) is 10.3 Å². The van der Waals surface area contributed by atoms with Crippen LogP contribution in [0.25, 0.3) is 10.2 Å². The summed E-state index contributed by atoms with van der Waals surface area (Å²) in [6, 6.07) is 15.3. The third-order valence-corrected chi connectivity index (χ3v) is 5.34. The molecule has 2 aromatic carbocycles. The number of thioether (sulfide) groups is 1. The molecule has 3 rings (SSSR count). The number of thiazole rings is 1. The molecule has 0 bridgehead atoms. The van der Waals surface area contributed by atoms with Crippen LogP contribution in [0.1, 0.15) is 6.92 Å². The number of carbonyl (C=O) groups excluding carboxylic acids is 1. The molecule has 1 heterocycles. The summed E-state index contributed by atoms with van der Waals surface area (Å²) in [6.45, 7) is 1.88. The summed E-state index contributed by atoms with van der Waals surface area (Å²) < 4.78 is 1.07. The fourth-order valence-electron chi connectivity index (χ4n) is 1.90. The first-order valence-electron chi connectivity index (χ1n) is 6.70. The summed E-state index contributed by atoms with van der Waals surface area (Å²) in [4.78, 5) is 17.7. The highest BCUT2D eigenvalue weighted by molar-refractivity contribution is 8.00. The van der Waals surface area contributed by atoms with Gasteiger partial charge in [0.2, 0.25) is 5.91 Å². The summed E-state index contributed by atoms with van der Waals surface area (Å²) >= 11 is 8.84. The number of rotatable bonds is 4. The van der Waals surface area contributed by atoms with E-state index in [9.17, 15) is 4.79 Å². The summed E-state index contributed by atoms with van der Waals surface area (Å²) in [5, 5.41) is 3.99. The fourth-order valence-corrected chi connectivity index (χ4v) is 3.77. The minimum absolute atomic E-state index is 0.0565. The van der Waals surface area contributed by atoms with Crippen LogP contribution in [0.2, 0.25) is 5.02 Å². The molecule has 6 heteroatoms. The molecule has 0 aliphatic carbocycles. The van der Waals surface area contributed by atoms with E-state index in [4.69, 9.17) is 11.6 Å². The number of fused-ring (bicyclic) bond motifs is 1. The molecule has 22 heavy (non-hydrogen) atoms. The first-order valence-corrected chi connectivity index (χ1v) is 8.78. The van der Waals surface area contributed by atoms with Gasteiger partial charge in [-0.25, -0.2) is 4.98 Å². The maximum absolute atomic E-state index is 12.3. The number of hydrogen-bond acceptors (Lipinski definition) is 4. The molecule has 3 nitrogen and oxygen atoms in total. The SMILES string of the molecule is CC(Sc1ccc(Cl)cc1)C(=O)Nc1nc2ccccc2s1. The standard InChI is InChI=1S/C16H13ClN2OS2/c1-10(21-12-8-6-11(17)7-9-12)15(20)19-16-18-13-4-2-3-5-14(13)22-16/h2-10H,1H3,(H,18,19,20). The highest BCUT2D eigenvalue weighted by Gasteiger charge is 2.16. The van der Waals surface area contributed by atoms with E-state index in [1.54, 1.807) is 0 Å². The van der Waals surface area contributed by atoms with Crippen LogP contribution in [0.3, 0.4) is 0 Å². The molecule has 0 radical (unpaired) electrons. The van der Waals surface area contributed by atoms with Crippen molar-refractivity contribution in [2.75, 3.05) is 5.32 Å². The lowest BCUT2D eigenvalue weighted by atomic mass is 10.3. The van der Waals surface area contributed by atoms with Crippen LogP contribution in [0, 0.1) is 0 Å². The number of aromatic nitrogens is 1. The minimum atomic E-state index is -0.215. The summed E-state index contributed by atoms with van der Waals surface area (Å²) in [5.74, 6) is -0.0565. The fraction of sp³-hybridized carbons (Fsp3) is 0.125. The van der Waals surface area contributed by atoms with E-state index in [0.29, 0.717) is 10.2 Å². The van der Waals surface area contributed by atoms with Crippen molar-refractivity contribution < 1.29 is 4.79 Å². The number of benzene rings is 2. The molecule has 0 aliphatic heterocycles. The van der Waals surface area contributed by atoms with Crippen molar-refractivity contribution in [3.8, 4) is 0 Å². The van der Waals surface area contributed by atoms with Crippen LogP contribution >= 0.6 is 34.7 Å². The van der Waals surface area contributed by atoms with E-state index in [0.717, 1.165) is 15.1 Å². The lowest BCUT2D eigenvalue weighted by molar-refractivity contribution is -0.115. The van der Waals surface area contributed by atoms with E-state index in [-0.39, 0.29) is 11.2 Å². The monoisotopic (exact) mass is 348 g/mol. The third-order valence-electron chi connectivity index (χ3n) is 3.02. The van der Waals surface area contributed by atoms with Gasteiger partial charge in [0, 0.05) is 9.92 Å². The van der Waals surface area contributed by atoms with Crippen molar-refractivity contribution in [3.05, 3.63) is 53.6 Å². The maximum atomic E-state index is 12.3. The Morgan fingerprint density at radius 1 is 1.23 bits per heavy atom. The topological polar surface area (TPSA) is 42.0 Å². The van der Waals surface area contributed by atoms with E-state index < -0.39 is 0 Å². The minimum Gasteiger partial charge on any atom is -0.301 e. The molecule has 0 saturated heterocycles. The van der Waals surface area contributed by atoms with Crippen LogP contribution in [-0.2, 0) is 4.79 Å². The Morgan fingerprint density at radius 3 is 2.68 bits per heavy atom. The van der Waals surface area contributed by atoms with Crippen molar-refractivity contribution in [2.24, 2.45) is 0 Å². The largest absolute Gasteiger partial charge is 0.301 e. The molecule has 3 aromatic rings.